The third-order valence-corrected chi connectivity index (χ3v) is 2.95. The van der Waals surface area contributed by atoms with E-state index in [2.05, 4.69) is 4.90 Å². The van der Waals surface area contributed by atoms with Crippen LogP contribution in [0, 0.1) is 0 Å². The van der Waals surface area contributed by atoms with Crippen LogP contribution in [0.4, 0.5) is 13.2 Å². The summed E-state index contributed by atoms with van der Waals surface area (Å²) in [6.07, 6.45) is -5.25. The van der Waals surface area contributed by atoms with Gasteiger partial charge in [0.1, 0.15) is 0 Å². The van der Waals surface area contributed by atoms with E-state index in [1.165, 1.54) is 11.8 Å². The Bertz CT molecular complexity index is 265. The molecule has 0 aromatic heterocycles. The van der Waals surface area contributed by atoms with E-state index in [0.717, 1.165) is 13.1 Å². The van der Waals surface area contributed by atoms with Gasteiger partial charge in [-0.05, 0) is 20.0 Å². The molecule has 0 aliphatic rings. The molecule has 0 aromatic carbocycles. The maximum atomic E-state index is 12.2. The highest BCUT2D eigenvalue weighted by molar-refractivity contribution is 5.81. The molecular formula is C12H24F3N3O. The van der Waals surface area contributed by atoms with Crippen molar-refractivity contribution >= 4 is 5.91 Å². The predicted octanol–water partition coefficient (Wildman–Crippen LogP) is 1.46. The van der Waals surface area contributed by atoms with Crippen molar-refractivity contribution in [1.82, 2.24) is 9.80 Å². The average Bonchev–Trinajstić information content (AvgIpc) is 2.31. The van der Waals surface area contributed by atoms with E-state index < -0.39 is 24.5 Å². The van der Waals surface area contributed by atoms with Crippen molar-refractivity contribution in [2.45, 2.75) is 39.4 Å². The van der Waals surface area contributed by atoms with E-state index >= 15 is 0 Å². The number of carbonyl (C=O) groups is 1. The molecule has 1 unspecified atom stereocenters. The zero-order valence-corrected chi connectivity index (χ0v) is 11.8. The highest BCUT2D eigenvalue weighted by Gasteiger charge is 2.29. The van der Waals surface area contributed by atoms with Crippen LogP contribution in [-0.4, -0.2) is 60.6 Å². The second-order valence-electron chi connectivity index (χ2n) is 4.51. The van der Waals surface area contributed by atoms with E-state index in [1.54, 1.807) is 0 Å². The highest BCUT2D eigenvalue weighted by atomic mass is 19.4. The van der Waals surface area contributed by atoms with E-state index in [4.69, 9.17) is 5.73 Å². The summed E-state index contributed by atoms with van der Waals surface area (Å²) in [6.45, 7) is 7.53. The summed E-state index contributed by atoms with van der Waals surface area (Å²) in [6, 6.07) is -0.773. The number of halogens is 3. The molecule has 0 heterocycles. The summed E-state index contributed by atoms with van der Waals surface area (Å²) in [5.41, 5.74) is 5.46. The SMILES string of the molecule is CCN(CC)CCN(CCC(F)(F)F)C(=O)C(C)N. The van der Waals surface area contributed by atoms with E-state index in [9.17, 15) is 18.0 Å². The molecule has 0 aliphatic heterocycles. The normalized spacial score (nSPS) is 13.7. The number of hydrogen-bond donors (Lipinski definition) is 1. The minimum absolute atomic E-state index is 0.276. The average molecular weight is 283 g/mol. The standard InChI is InChI=1S/C12H24F3N3O/c1-4-17(5-2)8-9-18(11(19)10(3)16)7-6-12(13,14)15/h10H,4-9,16H2,1-3H3. The van der Waals surface area contributed by atoms with Gasteiger partial charge in [0.25, 0.3) is 0 Å². The second kappa shape index (κ2) is 8.37. The van der Waals surface area contributed by atoms with Crippen LogP contribution in [0.3, 0.4) is 0 Å². The van der Waals surface area contributed by atoms with Crippen LogP contribution in [-0.2, 0) is 4.79 Å². The van der Waals surface area contributed by atoms with Gasteiger partial charge in [-0.3, -0.25) is 4.79 Å². The first-order valence-corrected chi connectivity index (χ1v) is 6.54. The molecule has 19 heavy (non-hydrogen) atoms. The van der Waals surface area contributed by atoms with Crippen molar-refractivity contribution in [3.63, 3.8) is 0 Å². The Kier molecular flexibility index (Phi) is 8.01. The van der Waals surface area contributed by atoms with Crippen molar-refractivity contribution < 1.29 is 18.0 Å². The summed E-state index contributed by atoms with van der Waals surface area (Å²) in [5.74, 6) is -0.434. The molecule has 0 bridgehead atoms. The van der Waals surface area contributed by atoms with Crippen molar-refractivity contribution in [2.24, 2.45) is 5.73 Å². The van der Waals surface area contributed by atoms with Crippen molar-refractivity contribution in [2.75, 3.05) is 32.7 Å². The van der Waals surface area contributed by atoms with Crippen molar-refractivity contribution in [3.05, 3.63) is 0 Å². The number of likely N-dealkylation sites (N-methyl/N-ethyl adjacent to an activating group) is 1. The van der Waals surface area contributed by atoms with Crippen LogP contribution in [0.2, 0.25) is 0 Å². The van der Waals surface area contributed by atoms with E-state index in [-0.39, 0.29) is 13.1 Å². The van der Waals surface area contributed by atoms with Crippen LogP contribution >= 0.6 is 0 Å². The molecule has 7 heteroatoms. The maximum absolute atomic E-state index is 12.2. The van der Waals surface area contributed by atoms with Gasteiger partial charge in [0.2, 0.25) is 5.91 Å². The zero-order valence-electron chi connectivity index (χ0n) is 11.8. The van der Waals surface area contributed by atoms with Gasteiger partial charge in [0, 0.05) is 19.6 Å². The quantitative estimate of drug-likeness (QED) is 0.733. The minimum Gasteiger partial charge on any atom is -0.340 e. The molecule has 0 fully saturated rings. The third kappa shape index (κ3) is 8.05. The lowest BCUT2D eigenvalue weighted by molar-refractivity contribution is -0.146. The van der Waals surface area contributed by atoms with Gasteiger partial charge < -0.3 is 15.5 Å². The van der Waals surface area contributed by atoms with Gasteiger partial charge in [-0.2, -0.15) is 13.2 Å². The number of alkyl halides is 3. The van der Waals surface area contributed by atoms with Crippen molar-refractivity contribution in [1.29, 1.82) is 0 Å². The van der Waals surface area contributed by atoms with Crippen LogP contribution < -0.4 is 5.73 Å². The number of carbonyl (C=O) groups excluding carboxylic acids is 1. The van der Waals surface area contributed by atoms with Crippen LogP contribution in [0.5, 0.6) is 0 Å². The number of nitrogens with zero attached hydrogens (tertiary/aromatic N) is 2. The molecule has 4 nitrogen and oxygen atoms in total. The Balaban J connectivity index is 4.46. The van der Waals surface area contributed by atoms with Crippen LogP contribution in [0.1, 0.15) is 27.2 Å². The molecule has 0 radical (unpaired) electrons. The highest BCUT2D eigenvalue weighted by Crippen LogP contribution is 2.19. The zero-order chi connectivity index (χ0) is 15.1. The summed E-state index contributed by atoms with van der Waals surface area (Å²) in [4.78, 5) is 15.0. The molecule has 0 saturated carbocycles. The van der Waals surface area contributed by atoms with Gasteiger partial charge in [0.05, 0.1) is 12.5 Å². The number of amides is 1. The van der Waals surface area contributed by atoms with Crippen LogP contribution in [0.15, 0.2) is 0 Å². The predicted molar refractivity (Wildman–Crippen MR) is 68.7 cm³/mol. The first kappa shape index (κ1) is 18.2. The summed E-state index contributed by atoms with van der Waals surface area (Å²) < 4.78 is 36.7. The monoisotopic (exact) mass is 283 g/mol. The summed E-state index contributed by atoms with van der Waals surface area (Å²) in [5, 5.41) is 0. The number of nitrogens with two attached hydrogens (primary N) is 1. The van der Waals surface area contributed by atoms with Gasteiger partial charge in [0.15, 0.2) is 0 Å². The Morgan fingerprint density at radius 2 is 1.68 bits per heavy atom. The molecule has 0 spiro atoms. The van der Waals surface area contributed by atoms with Gasteiger partial charge in [-0.1, -0.05) is 13.8 Å². The summed E-state index contributed by atoms with van der Waals surface area (Å²) in [7, 11) is 0. The Labute approximate surface area is 112 Å². The summed E-state index contributed by atoms with van der Waals surface area (Å²) >= 11 is 0. The van der Waals surface area contributed by atoms with E-state index in [0.29, 0.717) is 6.54 Å². The third-order valence-electron chi connectivity index (χ3n) is 2.95. The maximum Gasteiger partial charge on any atom is 0.390 e. The Morgan fingerprint density at radius 3 is 2.05 bits per heavy atom. The topological polar surface area (TPSA) is 49.6 Å². The van der Waals surface area contributed by atoms with E-state index in [1.807, 2.05) is 13.8 Å². The van der Waals surface area contributed by atoms with Crippen LogP contribution in [0.25, 0.3) is 0 Å². The van der Waals surface area contributed by atoms with Gasteiger partial charge >= 0.3 is 6.18 Å². The first-order valence-electron chi connectivity index (χ1n) is 6.54. The first-order chi connectivity index (χ1) is 8.71. The second-order valence-corrected chi connectivity index (χ2v) is 4.51. The molecule has 0 rings (SSSR count). The molecule has 0 aromatic rings. The fraction of sp³-hybridized carbons (Fsp3) is 0.917. The largest absolute Gasteiger partial charge is 0.390 e. The van der Waals surface area contributed by atoms with Crippen molar-refractivity contribution in [3.8, 4) is 0 Å². The Morgan fingerprint density at radius 1 is 1.16 bits per heavy atom. The lowest BCUT2D eigenvalue weighted by atomic mass is 10.2. The molecular weight excluding hydrogens is 259 g/mol. The molecule has 114 valence electrons. The fourth-order valence-corrected chi connectivity index (χ4v) is 1.68. The number of rotatable bonds is 8. The molecule has 0 aliphatic carbocycles. The molecule has 0 saturated heterocycles. The molecule has 2 N–H and O–H groups in total. The molecule has 1 amide bonds. The fourth-order valence-electron chi connectivity index (χ4n) is 1.68. The number of hydrogen-bond acceptors (Lipinski definition) is 3. The molecule has 1 atom stereocenters. The lowest BCUT2D eigenvalue weighted by Gasteiger charge is -2.28. The smallest absolute Gasteiger partial charge is 0.340 e. The minimum atomic E-state index is -4.26. The Hall–Kier alpha value is -0.820. The lowest BCUT2D eigenvalue weighted by Crippen LogP contribution is -2.46. The van der Waals surface area contributed by atoms with Gasteiger partial charge in [-0.25, -0.2) is 0 Å². The van der Waals surface area contributed by atoms with Gasteiger partial charge in [-0.15, -0.1) is 0 Å².